The molecule has 0 radical (unpaired) electrons. The molecule has 1 fully saturated rings. The topological polar surface area (TPSA) is 12.5 Å². The first-order chi connectivity index (χ1) is 12.2. The second-order valence-electron chi connectivity index (χ2n) is 6.12. The number of hydrogen-bond donors (Lipinski definition) is 0. The summed E-state index contributed by atoms with van der Waals surface area (Å²) in [6.45, 7) is 0. The molecule has 126 valence electrons. The average Bonchev–Trinajstić information content (AvgIpc) is 3.08. The van der Waals surface area contributed by atoms with Crippen molar-refractivity contribution in [3.8, 4) is 0 Å². The average molecular weight is 370 g/mol. The summed E-state index contributed by atoms with van der Waals surface area (Å²) in [5.41, 5.74) is 3.25. The van der Waals surface area contributed by atoms with Crippen LogP contribution in [0.1, 0.15) is 29.7 Å². The molecule has 3 aromatic rings. The van der Waals surface area contributed by atoms with Gasteiger partial charge >= 0.3 is 0 Å². The van der Waals surface area contributed by atoms with Crippen LogP contribution < -0.4 is 5.06 Å². The molecule has 0 spiro atoms. The standard InChI is InChI=1S/C21H17Cl2NO/c22-17-8-4-6-15(12-17)20-14-21(16-7-5-9-18(23)13-16)25-24(20)19-10-2-1-3-11-19/h1-13,20-21H,14H2/t20-,21+/m0/s1. The number of rotatable bonds is 3. The first-order valence-corrected chi connectivity index (χ1v) is 8.98. The molecule has 1 aliphatic rings. The van der Waals surface area contributed by atoms with Crippen LogP contribution in [0.25, 0.3) is 0 Å². The van der Waals surface area contributed by atoms with Crippen LogP contribution in [0.2, 0.25) is 10.0 Å². The lowest BCUT2D eigenvalue weighted by Gasteiger charge is -2.25. The third-order valence-corrected chi connectivity index (χ3v) is 4.90. The Balaban J connectivity index is 1.71. The molecule has 2 nitrogen and oxygen atoms in total. The van der Waals surface area contributed by atoms with E-state index in [0.717, 1.165) is 33.3 Å². The largest absolute Gasteiger partial charge is 0.265 e. The Bertz CT molecular complexity index is 869. The van der Waals surface area contributed by atoms with Crippen LogP contribution in [0.3, 0.4) is 0 Å². The van der Waals surface area contributed by atoms with E-state index in [4.69, 9.17) is 28.0 Å². The molecular weight excluding hydrogens is 353 g/mol. The number of halogens is 2. The van der Waals surface area contributed by atoms with E-state index in [-0.39, 0.29) is 12.1 Å². The maximum absolute atomic E-state index is 6.33. The van der Waals surface area contributed by atoms with Crippen molar-refractivity contribution in [1.29, 1.82) is 0 Å². The van der Waals surface area contributed by atoms with Crippen LogP contribution in [0.5, 0.6) is 0 Å². The van der Waals surface area contributed by atoms with Gasteiger partial charge in [0, 0.05) is 16.5 Å². The first-order valence-electron chi connectivity index (χ1n) is 8.23. The van der Waals surface area contributed by atoms with Gasteiger partial charge in [-0.05, 0) is 47.5 Å². The highest BCUT2D eigenvalue weighted by Gasteiger charge is 2.36. The SMILES string of the molecule is Clc1cccc([C@H]2C[C@@H](c3cccc(Cl)c3)N(c3ccccc3)O2)c1. The van der Waals surface area contributed by atoms with E-state index in [1.165, 1.54) is 0 Å². The molecule has 25 heavy (non-hydrogen) atoms. The van der Waals surface area contributed by atoms with Gasteiger partial charge in [0.05, 0.1) is 11.7 Å². The number of benzene rings is 3. The summed E-state index contributed by atoms with van der Waals surface area (Å²) in [6.07, 6.45) is 0.776. The third-order valence-electron chi connectivity index (χ3n) is 4.43. The van der Waals surface area contributed by atoms with Crippen molar-refractivity contribution >= 4 is 28.9 Å². The summed E-state index contributed by atoms with van der Waals surface area (Å²) < 4.78 is 0. The fourth-order valence-corrected chi connectivity index (χ4v) is 3.65. The Labute approximate surface area is 157 Å². The molecule has 1 heterocycles. The van der Waals surface area contributed by atoms with Crippen molar-refractivity contribution in [2.24, 2.45) is 0 Å². The molecule has 0 saturated carbocycles. The Hall–Kier alpha value is -2.00. The second kappa shape index (κ2) is 7.09. The number of hydrogen-bond acceptors (Lipinski definition) is 2. The van der Waals surface area contributed by atoms with Crippen LogP contribution in [0.4, 0.5) is 5.69 Å². The lowest BCUT2D eigenvalue weighted by Crippen LogP contribution is -2.21. The van der Waals surface area contributed by atoms with Crippen molar-refractivity contribution in [2.75, 3.05) is 5.06 Å². The lowest BCUT2D eigenvalue weighted by atomic mass is 9.98. The molecule has 0 unspecified atom stereocenters. The Morgan fingerprint density at radius 1 is 0.760 bits per heavy atom. The minimum absolute atomic E-state index is 0.0529. The molecule has 0 aliphatic carbocycles. The maximum Gasteiger partial charge on any atom is 0.113 e. The zero-order chi connectivity index (χ0) is 17.2. The molecule has 0 amide bonds. The predicted octanol–water partition coefficient (Wildman–Crippen LogP) is 6.62. The van der Waals surface area contributed by atoms with Crippen molar-refractivity contribution in [3.05, 3.63) is 100 Å². The highest BCUT2D eigenvalue weighted by molar-refractivity contribution is 6.30. The highest BCUT2D eigenvalue weighted by atomic mass is 35.5. The van der Waals surface area contributed by atoms with Crippen molar-refractivity contribution in [1.82, 2.24) is 0 Å². The van der Waals surface area contributed by atoms with E-state index in [2.05, 4.69) is 24.3 Å². The van der Waals surface area contributed by atoms with Gasteiger partial charge < -0.3 is 0 Å². The fraction of sp³-hybridized carbons (Fsp3) is 0.143. The van der Waals surface area contributed by atoms with E-state index < -0.39 is 0 Å². The second-order valence-corrected chi connectivity index (χ2v) is 6.99. The van der Waals surface area contributed by atoms with Gasteiger partial charge in [0.1, 0.15) is 6.10 Å². The normalized spacial score (nSPS) is 20.0. The van der Waals surface area contributed by atoms with Gasteiger partial charge in [0.25, 0.3) is 0 Å². The van der Waals surface area contributed by atoms with E-state index in [1.54, 1.807) is 0 Å². The Morgan fingerprint density at radius 2 is 1.40 bits per heavy atom. The lowest BCUT2D eigenvalue weighted by molar-refractivity contribution is 0.0836. The smallest absolute Gasteiger partial charge is 0.113 e. The first kappa shape index (κ1) is 16.5. The van der Waals surface area contributed by atoms with Gasteiger partial charge in [0.2, 0.25) is 0 Å². The summed E-state index contributed by atoms with van der Waals surface area (Å²) in [6, 6.07) is 26.1. The number of para-hydroxylation sites is 1. The van der Waals surface area contributed by atoms with Crippen molar-refractivity contribution < 1.29 is 4.84 Å². The van der Waals surface area contributed by atoms with E-state index in [0.29, 0.717) is 0 Å². The monoisotopic (exact) mass is 369 g/mol. The fourth-order valence-electron chi connectivity index (χ4n) is 3.26. The van der Waals surface area contributed by atoms with Gasteiger partial charge in [-0.2, -0.15) is 0 Å². The molecule has 2 atom stereocenters. The van der Waals surface area contributed by atoms with Crippen LogP contribution in [0, 0.1) is 0 Å². The predicted molar refractivity (Wildman–Crippen MR) is 103 cm³/mol. The van der Waals surface area contributed by atoms with Crippen molar-refractivity contribution in [3.63, 3.8) is 0 Å². The minimum atomic E-state index is -0.0529. The molecule has 1 aliphatic heterocycles. The minimum Gasteiger partial charge on any atom is -0.265 e. The number of anilines is 1. The van der Waals surface area contributed by atoms with Crippen LogP contribution >= 0.6 is 23.2 Å². The van der Waals surface area contributed by atoms with Gasteiger partial charge in [-0.15, -0.1) is 0 Å². The summed E-state index contributed by atoms with van der Waals surface area (Å²) in [4.78, 5) is 6.33. The molecule has 0 bridgehead atoms. The summed E-state index contributed by atoms with van der Waals surface area (Å²) in [5.74, 6) is 0. The van der Waals surface area contributed by atoms with Gasteiger partial charge in [-0.3, -0.25) is 4.84 Å². The van der Waals surface area contributed by atoms with Crippen molar-refractivity contribution in [2.45, 2.75) is 18.6 Å². The Morgan fingerprint density at radius 3 is 2.08 bits per heavy atom. The quantitative estimate of drug-likeness (QED) is 0.514. The zero-order valence-electron chi connectivity index (χ0n) is 13.5. The Kier molecular flexibility index (Phi) is 4.67. The number of hydroxylamine groups is 1. The molecule has 0 aromatic heterocycles. The van der Waals surface area contributed by atoms with Gasteiger partial charge in [-0.25, -0.2) is 5.06 Å². The molecular formula is C21H17Cl2NO. The van der Waals surface area contributed by atoms with E-state index >= 15 is 0 Å². The molecule has 0 N–H and O–H groups in total. The summed E-state index contributed by atoms with van der Waals surface area (Å²) in [7, 11) is 0. The van der Waals surface area contributed by atoms with Gasteiger partial charge in [0.15, 0.2) is 0 Å². The summed E-state index contributed by atoms with van der Waals surface area (Å²) in [5, 5.41) is 3.44. The number of nitrogens with zero attached hydrogens (tertiary/aromatic N) is 1. The van der Waals surface area contributed by atoms with E-state index in [1.807, 2.05) is 59.7 Å². The maximum atomic E-state index is 6.33. The summed E-state index contributed by atoms with van der Waals surface area (Å²) >= 11 is 12.4. The molecule has 4 rings (SSSR count). The molecule has 4 heteroatoms. The van der Waals surface area contributed by atoms with E-state index in [9.17, 15) is 0 Å². The van der Waals surface area contributed by atoms with Crippen LogP contribution in [0.15, 0.2) is 78.9 Å². The molecule has 3 aromatic carbocycles. The molecule has 1 saturated heterocycles. The van der Waals surface area contributed by atoms with Gasteiger partial charge in [-0.1, -0.05) is 65.7 Å². The van der Waals surface area contributed by atoms with Crippen LogP contribution in [-0.4, -0.2) is 0 Å². The highest BCUT2D eigenvalue weighted by Crippen LogP contribution is 2.44. The van der Waals surface area contributed by atoms with Crippen LogP contribution in [-0.2, 0) is 4.84 Å². The third kappa shape index (κ3) is 3.52. The zero-order valence-corrected chi connectivity index (χ0v) is 15.0.